The van der Waals surface area contributed by atoms with Gasteiger partial charge in [0.1, 0.15) is 6.07 Å². The van der Waals surface area contributed by atoms with Crippen molar-refractivity contribution in [3.05, 3.63) is 87.7 Å². The van der Waals surface area contributed by atoms with Crippen molar-refractivity contribution < 1.29 is 4.92 Å². The van der Waals surface area contributed by atoms with Gasteiger partial charge in [0.05, 0.1) is 22.7 Å². The van der Waals surface area contributed by atoms with Gasteiger partial charge < -0.3 is 5.32 Å². The number of anilines is 1. The highest BCUT2D eigenvalue weighted by Gasteiger charge is 2.11. The molecule has 0 fully saturated rings. The Bertz CT molecular complexity index is 929. The summed E-state index contributed by atoms with van der Waals surface area (Å²) in [6, 6.07) is 16.0. The van der Waals surface area contributed by atoms with Gasteiger partial charge in [-0.3, -0.25) is 14.8 Å². The topological polar surface area (TPSA) is 96.8 Å². The van der Waals surface area contributed by atoms with E-state index in [-0.39, 0.29) is 11.3 Å². The predicted octanol–water partition coefficient (Wildman–Crippen LogP) is 3.32. The first-order valence-electron chi connectivity index (χ1n) is 7.64. The van der Waals surface area contributed by atoms with Crippen LogP contribution in [-0.4, -0.2) is 14.7 Å². The fraction of sp³-hybridized carbons (Fsp3) is 0.111. The second-order valence-electron chi connectivity index (χ2n) is 5.42. The molecule has 0 aliphatic rings. The van der Waals surface area contributed by atoms with E-state index < -0.39 is 4.92 Å². The standard InChI is InChI=1S/C18H15N5O2/c19-11-16-10-17(23(24)25)6-7-18(16)20-12-14-4-1-2-5-15(14)13-22-9-3-8-21-22/h1-10,20H,12-13H2. The van der Waals surface area contributed by atoms with Gasteiger partial charge >= 0.3 is 0 Å². The molecule has 0 radical (unpaired) electrons. The second kappa shape index (κ2) is 7.27. The molecule has 3 aromatic rings. The first kappa shape index (κ1) is 16.2. The maximum atomic E-state index is 10.8. The summed E-state index contributed by atoms with van der Waals surface area (Å²) in [5.41, 5.74) is 2.90. The zero-order chi connectivity index (χ0) is 17.6. The molecule has 1 N–H and O–H groups in total. The molecule has 1 heterocycles. The van der Waals surface area contributed by atoms with E-state index in [1.54, 1.807) is 12.3 Å². The second-order valence-corrected chi connectivity index (χ2v) is 5.42. The molecule has 0 unspecified atom stereocenters. The van der Waals surface area contributed by atoms with Gasteiger partial charge in [0.15, 0.2) is 0 Å². The van der Waals surface area contributed by atoms with Crippen LogP contribution in [-0.2, 0) is 13.1 Å². The third-order valence-electron chi connectivity index (χ3n) is 3.81. The monoisotopic (exact) mass is 333 g/mol. The SMILES string of the molecule is N#Cc1cc([N+](=O)[O-])ccc1NCc1ccccc1Cn1cccn1. The Morgan fingerprint density at radius 1 is 1.20 bits per heavy atom. The van der Waals surface area contributed by atoms with Crippen molar-refractivity contribution >= 4 is 11.4 Å². The average Bonchev–Trinajstić information content (AvgIpc) is 3.14. The van der Waals surface area contributed by atoms with Crippen LogP contribution in [0, 0.1) is 21.4 Å². The van der Waals surface area contributed by atoms with Crippen LogP contribution in [0.2, 0.25) is 0 Å². The van der Waals surface area contributed by atoms with Crippen LogP contribution in [0.3, 0.4) is 0 Å². The van der Waals surface area contributed by atoms with Gasteiger partial charge in [-0.2, -0.15) is 10.4 Å². The normalized spacial score (nSPS) is 10.2. The van der Waals surface area contributed by atoms with E-state index in [0.29, 0.717) is 18.8 Å². The van der Waals surface area contributed by atoms with Gasteiger partial charge in [0, 0.05) is 31.1 Å². The van der Waals surface area contributed by atoms with Crippen LogP contribution in [0.15, 0.2) is 60.9 Å². The largest absolute Gasteiger partial charge is 0.380 e. The number of nitro groups is 1. The van der Waals surface area contributed by atoms with E-state index in [9.17, 15) is 15.4 Å². The number of nitrogens with zero attached hydrogens (tertiary/aromatic N) is 4. The van der Waals surface area contributed by atoms with Gasteiger partial charge in [0.25, 0.3) is 5.69 Å². The fourth-order valence-electron chi connectivity index (χ4n) is 2.54. The van der Waals surface area contributed by atoms with Crippen molar-refractivity contribution in [1.82, 2.24) is 9.78 Å². The number of nitrogens with one attached hydrogen (secondary N) is 1. The van der Waals surface area contributed by atoms with Crippen LogP contribution in [0.25, 0.3) is 0 Å². The minimum Gasteiger partial charge on any atom is -0.380 e. The summed E-state index contributed by atoms with van der Waals surface area (Å²) in [6.45, 7) is 1.15. The maximum absolute atomic E-state index is 10.8. The highest BCUT2D eigenvalue weighted by molar-refractivity contribution is 5.61. The molecule has 25 heavy (non-hydrogen) atoms. The molecule has 3 rings (SSSR count). The number of hydrogen-bond donors (Lipinski definition) is 1. The van der Waals surface area contributed by atoms with E-state index in [0.717, 1.165) is 11.1 Å². The van der Waals surface area contributed by atoms with Crippen LogP contribution >= 0.6 is 0 Å². The summed E-state index contributed by atoms with van der Waals surface area (Å²) >= 11 is 0. The molecule has 0 bridgehead atoms. The van der Waals surface area contributed by atoms with E-state index in [1.807, 2.05) is 47.3 Å². The first-order valence-corrected chi connectivity index (χ1v) is 7.64. The van der Waals surface area contributed by atoms with Gasteiger partial charge in [-0.05, 0) is 23.3 Å². The maximum Gasteiger partial charge on any atom is 0.270 e. The zero-order valence-electron chi connectivity index (χ0n) is 13.3. The summed E-state index contributed by atoms with van der Waals surface area (Å²) in [5.74, 6) is 0. The molecule has 7 heteroatoms. The Balaban J connectivity index is 1.78. The van der Waals surface area contributed by atoms with Gasteiger partial charge in [-0.1, -0.05) is 24.3 Å². The third-order valence-corrected chi connectivity index (χ3v) is 3.81. The molecule has 0 saturated carbocycles. The molecule has 0 saturated heterocycles. The number of nitro benzene ring substituents is 1. The van der Waals surface area contributed by atoms with Crippen molar-refractivity contribution in [3.8, 4) is 6.07 Å². The van der Waals surface area contributed by atoms with Crippen LogP contribution < -0.4 is 5.32 Å². The van der Waals surface area contributed by atoms with Gasteiger partial charge in [-0.25, -0.2) is 0 Å². The molecule has 0 aliphatic carbocycles. The molecule has 124 valence electrons. The average molecular weight is 333 g/mol. The smallest absolute Gasteiger partial charge is 0.270 e. The lowest BCUT2D eigenvalue weighted by Crippen LogP contribution is -2.08. The van der Waals surface area contributed by atoms with Crippen molar-refractivity contribution in [3.63, 3.8) is 0 Å². The molecule has 0 amide bonds. The van der Waals surface area contributed by atoms with Gasteiger partial charge in [0.2, 0.25) is 0 Å². The van der Waals surface area contributed by atoms with Crippen LogP contribution in [0.4, 0.5) is 11.4 Å². The Hall–Kier alpha value is -3.66. The van der Waals surface area contributed by atoms with E-state index in [4.69, 9.17) is 0 Å². The third kappa shape index (κ3) is 3.82. The lowest BCUT2D eigenvalue weighted by molar-refractivity contribution is -0.384. The van der Waals surface area contributed by atoms with Crippen molar-refractivity contribution in [2.75, 3.05) is 5.32 Å². The number of nitriles is 1. The summed E-state index contributed by atoms with van der Waals surface area (Å²) in [5, 5.41) is 27.5. The molecule has 1 aromatic heterocycles. The predicted molar refractivity (Wildman–Crippen MR) is 92.9 cm³/mol. The quantitative estimate of drug-likeness (QED) is 0.551. The fourth-order valence-corrected chi connectivity index (χ4v) is 2.54. The van der Waals surface area contributed by atoms with Gasteiger partial charge in [-0.15, -0.1) is 0 Å². The van der Waals surface area contributed by atoms with Crippen LogP contribution in [0.5, 0.6) is 0 Å². The lowest BCUT2D eigenvalue weighted by Gasteiger charge is -2.12. The number of non-ortho nitro benzene ring substituents is 1. The molecule has 2 aromatic carbocycles. The summed E-state index contributed by atoms with van der Waals surface area (Å²) < 4.78 is 1.84. The summed E-state index contributed by atoms with van der Waals surface area (Å²) in [7, 11) is 0. The molecule has 0 atom stereocenters. The highest BCUT2D eigenvalue weighted by Crippen LogP contribution is 2.22. The zero-order valence-corrected chi connectivity index (χ0v) is 13.3. The number of hydrogen-bond acceptors (Lipinski definition) is 5. The van der Waals surface area contributed by atoms with Crippen molar-refractivity contribution in [2.24, 2.45) is 0 Å². The Morgan fingerprint density at radius 2 is 2.00 bits per heavy atom. The Morgan fingerprint density at radius 3 is 2.68 bits per heavy atom. The van der Waals surface area contributed by atoms with Crippen LogP contribution in [0.1, 0.15) is 16.7 Å². The van der Waals surface area contributed by atoms with Crippen molar-refractivity contribution in [2.45, 2.75) is 13.1 Å². The lowest BCUT2D eigenvalue weighted by atomic mass is 10.1. The summed E-state index contributed by atoms with van der Waals surface area (Å²) in [4.78, 5) is 10.3. The van der Waals surface area contributed by atoms with E-state index >= 15 is 0 Å². The Kier molecular flexibility index (Phi) is 4.72. The van der Waals surface area contributed by atoms with Crippen molar-refractivity contribution in [1.29, 1.82) is 5.26 Å². The highest BCUT2D eigenvalue weighted by atomic mass is 16.6. The number of aromatic nitrogens is 2. The number of rotatable bonds is 6. The molecular weight excluding hydrogens is 318 g/mol. The molecule has 0 spiro atoms. The number of benzene rings is 2. The molecular formula is C18H15N5O2. The van der Waals surface area contributed by atoms with E-state index in [1.165, 1.54) is 12.1 Å². The minimum atomic E-state index is -0.510. The molecule has 7 nitrogen and oxygen atoms in total. The Labute approximate surface area is 144 Å². The molecule has 0 aliphatic heterocycles. The summed E-state index contributed by atoms with van der Waals surface area (Å²) in [6.07, 6.45) is 3.63. The first-order chi connectivity index (χ1) is 12.2. The minimum absolute atomic E-state index is 0.0961. The van der Waals surface area contributed by atoms with E-state index in [2.05, 4.69) is 10.4 Å².